The average molecular weight is 656 g/mol. The normalized spacial score (nSPS) is 12.0. The second-order valence-corrected chi connectivity index (χ2v) is 12.9. The van der Waals surface area contributed by atoms with Crippen LogP contribution in [0.5, 0.6) is 11.5 Å². The molecule has 2 aromatic carbocycles. The lowest BCUT2D eigenvalue weighted by Gasteiger charge is -2.17. The number of fused-ring (bicyclic) bond motifs is 1. The Balaban J connectivity index is 1.28. The van der Waals surface area contributed by atoms with Gasteiger partial charge < -0.3 is 43.0 Å². The number of rotatable bonds is 27. The second-order valence-electron chi connectivity index (χ2n) is 12.9. The Hall–Kier alpha value is -2.73. The lowest BCUT2D eigenvalue weighted by Crippen LogP contribution is -2.25. The predicted molar refractivity (Wildman–Crippen MR) is 192 cm³/mol. The molecule has 0 saturated carbocycles. The van der Waals surface area contributed by atoms with E-state index in [1.165, 1.54) is 6.42 Å². The average Bonchev–Trinajstić information content (AvgIpc) is 3.48. The maximum Gasteiger partial charge on any atom is 0.227 e. The molecule has 0 radical (unpaired) electrons. The molecular weight excluding hydrogens is 594 g/mol. The minimum Gasteiger partial charge on any atom is -0.494 e. The lowest BCUT2D eigenvalue weighted by molar-refractivity contribution is 0.105. The van der Waals surface area contributed by atoms with Crippen molar-refractivity contribution in [1.82, 2.24) is 24.6 Å². The second kappa shape index (κ2) is 22.8. The number of nitrogens with zero attached hydrogens (tertiary/aromatic N) is 5. The van der Waals surface area contributed by atoms with Crippen LogP contribution in [0.4, 0.5) is 0 Å². The third-order valence-corrected chi connectivity index (χ3v) is 7.85. The summed E-state index contributed by atoms with van der Waals surface area (Å²) < 4.78 is 29.6. The molecule has 0 fully saturated rings. The molecular formula is C37H61N5O5. The van der Waals surface area contributed by atoms with Crippen LogP contribution in [0.15, 0.2) is 46.9 Å². The van der Waals surface area contributed by atoms with E-state index in [1.54, 1.807) is 0 Å². The standard InChI is InChI=1S/C37H61N5O5/c1-39(2)19-7-8-25-44-30-24-42(6)23-12-28-45-33-15-13-32(14-16-33)37-38-35-18-17-34(31-36(35)47-37)46-29-11-22-41(5)21-10-27-43-26-9-20-40(3)4/h13-18,31H,7-12,19-30H2,1-6H3. The van der Waals surface area contributed by atoms with Crippen molar-refractivity contribution in [1.29, 1.82) is 0 Å². The van der Waals surface area contributed by atoms with Crippen molar-refractivity contribution in [3.05, 3.63) is 42.5 Å². The van der Waals surface area contributed by atoms with E-state index in [1.807, 2.05) is 42.5 Å². The fourth-order valence-electron chi connectivity index (χ4n) is 5.06. The van der Waals surface area contributed by atoms with Crippen molar-refractivity contribution in [2.75, 3.05) is 121 Å². The van der Waals surface area contributed by atoms with Gasteiger partial charge in [-0.1, -0.05) is 0 Å². The maximum absolute atomic E-state index is 6.09. The molecule has 47 heavy (non-hydrogen) atoms. The van der Waals surface area contributed by atoms with Crippen LogP contribution < -0.4 is 9.47 Å². The summed E-state index contributed by atoms with van der Waals surface area (Å²) in [5.74, 6) is 2.24. The van der Waals surface area contributed by atoms with Crippen molar-refractivity contribution in [2.45, 2.75) is 38.5 Å². The summed E-state index contributed by atoms with van der Waals surface area (Å²) in [7, 11) is 12.7. The minimum absolute atomic E-state index is 0.591. The van der Waals surface area contributed by atoms with Crippen LogP contribution in [0.25, 0.3) is 22.6 Å². The predicted octanol–water partition coefficient (Wildman–Crippen LogP) is 5.61. The first-order valence-electron chi connectivity index (χ1n) is 17.4. The molecule has 10 nitrogen and oxygen atoms in total. The summed E-state index contributed by atoms with van der Waals surface area (Å²) in [6.07, 6.45) is 6.34. The van der Waals surface area contributed by atoms with Crippen LogP contribution in [0.2, 0.25) is 0 Å². The third kappa shape index (κ3) is 16.8. The molecule has 0 aliphatic carbocycles. The fraction of sp³-hybridized carbons (Fsp3) is 0.649. The zero-order chi connectivity index (χ0) is 33.7. The number of hydrogen-bond donors (Lipinski definition) is 0. The Bertz CT molecular complexity index is 1220. The molecule has 0 aliphatic heterocycles. The molecule has 3 rings (SSSR count). The molecule has 264 valence electrons. The van der Waals surface area contributed by atoms with E-state index in [2.05, 4.69) is 66.9 Å². The van der Waals surface area contributed by atoms with Crippen LogP contribution in [-0.4, -0.2) is 146 Å². The Labute approximate surface area is 283 Å². The first kappa shape index (κ1) is 38.7. The van der Waals surface area contributed by atoms with Crippen LogP contribution in [0.3, 0.4) is 0 Å². The molecule has 0 amide bonds. The van der Waals surface area contributed by atoms with Crippen LogP contribution in [0.1, 0.15) is 38.5 Å². The van der Waals surface area contributed by atoms with Gasteiger partial charge in [0.1, 0.15) is 17.0 Å². The number of oxazole rings is 1. The smallest absolute Gasteiger partial charge is 0.227 e. The van der Waals surface area contributed by atoms with Crippen LogP contribution in [0, 0.1) is 0 Å². The molecule has 3 aromatic rings. The van der Waals surface area contributed by atoms with Crippen LogP contribution >= 0.6 is 0 Å². The van der Waals surface area contributed by atoms with Gasteiger partial charge in [-0.3, -0.25) is 0 Å². The summed E-state index contributed by atoms with van der Waals surface area (Å²) in [6.45, 7) is 10.7. The van der Waals surface area contributed by atoms with Crippen molar-refractivity contribution >= 4 is 11.1 Å². The number of ether oxygens (including phenoxy) is 4. The molecule has 0 N–H and O–H groups in total. The van der Waals surface area contributed by atoms with E-state index in [4.69, 9.17) is 23.4 Å². The van der Waals surface area contributed by atoms with Gasteiger partial charge in [0.05, 0.1) is 19.8 Å². The quantitative estimate of drug-likeness (QED) is 0.0968. The Kier molecular flexibility index (Phi) is 18.8. The number of likely N-dealkylation sites (N-methyl/N-ethyl adjacent to an activating group) is 1. The zero-order valence-electron chi connectivity index (χ0n) is 30.0. The van der Waals surface area contributed by atoms with Crippen LogP contribution in [-0.2, 0) is 9.47 Å². The molecule has 0 aliphatic rings. The topological polar surface area (TPSA) is 75.9 Å². The highest BCUT2D eigenvalue weighted by atomic mass is 16.5. The van der Waals surface area contributed by atoms with E-state index in [0.29, 0.717) is 19.1 Å². The van der Waals surface area contributed by atoms with Gasteiger partial charge in [0.2, 0.25) is 5.89 Å². The van der Waals surface area contributed by atoms with E-state index in [0.717, 1.165) is 126 Å². The van der Waals surface area contributed by atoms with Gasteiger partial charge in [-0.25, -0.2) is 4.98 Å². The highest BCUT2D eigenvalue weighted by Crippen LogP contribution is 2.28. The summed E-state index contributed by atoms with van der Waals surface area (Å²) in [5, 5.41) is 0. The molecule has 0 unspecified atom stereocenters. The highest BCUT2D eigenvalue weighted by molar-refractivity contribution is 5.77. The lowest BCUT2D eigenvalue weighted by atomic mass is 10.2. The summed E-state index contributed by atoms with van der Waals surface area (Å²) in [4.78, 5) is 13.7. The molecule has 0 spiro atoms. The Morgan fingerprint density at radius 1 is 0.532 bits per heavy atom. The zero-order valence-corrected chi connectivity index (χ0v) is 30.0. The first-order chi connectivity index (χ1) is 22.8. The molecule has 0 bridgehead atoms. The van der Waals surface area contributed by atoms with Crippen molar-refractivity contribution in [3.63, 3.8) is 0 Å². The van der Waals surface area contributed by atoms with Crippen molar-refractivity contribution in [3.8, 4) is 23.0 Å². The van der Waals surface area contributed by atoms with E-state index >= 15 is 0 Å². The third-order valence-electron chi connectivity index (χ3n) is 7.85. The molecule has 0 saturated heterocycles. The summed E-state index contributed by atoms with van der Waals surface area (Å²) >= 11 is 0. The minimum atomic E-state index is 0.591. The molecule has 10 heteroatoms. The van der Waals surface area contributed by atoms with E-state index < -0.39 is 0 Å². The monoisotopic (exact) mass is 655 g/mol. The van der Waals surface area contributed by atoms with Crippen molar-refractivity contribution in [2.24, 2.45) is 0 Å². The summed E-state index contributed by atoms with van der Waals surface area (Å²) in [6, 6.07) is 13.8. The number of benzene rings is 2. The SMILES string of the molecule is CN(C)CCCCOCCN(C)CCCOc1ccc(-c2nc3ccc(OCCCN(C)CCCOCCCN(C)C)cc3o2)cc1. The van der Waals surface area contributed by atoms with E-state index in [-0.39, 0.29) is 0 Å². The van der Waals surface area contributed by atoms with Gasteiger partial charge in [0, 0.05) is 57.6 Å². The van der Waals surface area contributed by atoms with Gasteiger partial charge in [-0.2, -0.15) is 0 Å². The molecule has 1 heterocycles. The van der Waals surface area contributed by atoms with Gasteiger partial charge in [0.15, 0.2) is 5.58 Å². The first-order valence-corrected chi connectivity index (χ1v) is 17.4. The Morgan fingerprint density at radius 2 is 1.06 bits per heavy atom. The number of hydrogen-bond acceptors (Lipinski definition) is 10. The largest absolute Gasteiger partial charge is 0.494 e. The van der Waals surface area contributed by atoms with E-state index in [9.17, 15) is 0 Å². The maximum atomic E-state index is 6.09. The molecule has 1 aromatic heterocycles. The van der Waals surface area contributed by atoms with Gasteiger partial charge in [-0.15, -0.1) is 0 Å². The molecule has 0 atom stereocenters. The fourth-order valence-corrected chi connectivity index (χ4v) is 5.06. The van der Waals surface area contributed by atoms with Crippen molar-refractivity contribution < 1.29 is 23.4 Å². The van der Waals surface area contributed by atoms with Gasteiger partial charge in [-0.05, 0) is 130 Å². The Morgan fingerprint density at radius 3 is 1.74 bits per heavy atom. The number of aromatic nitrogens is 1. The summed E-state index contributed by atoms with van der Waals surface area (Å²) in [5.41, 5.74) is 2.45. The highest BCUT2D eigenvalue weighted by Gasteiger charge is 2.10. The van der Waals surface area contributed by atoms with Gasteiger partial charge >= 0.3 is 0 Å². The van der Waals surface area contributed by atoms with Gasteiger partial charge in [0.25, 0.3) is 0 Å². The number of unbranched alkanes of at least 4 members (excludes halogenated alkanes) is 1.